The molecule has 2 aliphatic carbocycles. The van der Waals surface area contributed by atoms with Crippen LogP contribution in [-0.2, 0) is 4.79 Å². The minimum Gasteiger partial charge on any atom is -0.390 e. The molecule has 4 atom stereocenters. The summed E-state index contributed by atoms with van der Waals surface area (Å²) in [6.07, 6.45) is 4.00. The molecule has 1 heterocycles. The molecular formula is C14H18N2O3. The largest absolute Gasteiger partial charge is 0.390 e. The number of nitrogens with one attached hydrogen (secondary N) is 1. The maximum absolute atomic E-state index is 11.9. The minimum atomic E-state index is -0.909. The molecule has 19 heavy (non-hydrogen) atoms. The zero-order valence-corrected chi connectivity index (χ0v) is 10.6. The Morgan fingerprint density at radius 3 is 2.79 bits per heavy atom. The normalized spacial score (nSPS) is 34.2. The molecule has 0 saturated heterocycles. The molecule has 1 aromatic rings. The van der Waals surface area contributed by atoms with Gasteiger partial charge in [-0.15, -0.1) is 0 Å². The van der Waals surface area contributed by atoms with E-state index in [2.05, 4.69) is 10.3 Å². The summed E-state index contributed by atoms with van der Waals surface area (Å²) in [4.78, 5) is 15.9. The van der Waals surface area contributed by atoms with Crippen LogP contribution in [0.1, 0.15) is 30.7 Å². The zero-order chi connectivity index (χ0) is 13.4. The molecule has 102 valence electrons. The van der Waals surface area contributed by atoms with E-state index in [-0.39, 0.29) is 17.7 Å². The number of amides is 1. The van der Waals surface area contributed by atoms with Crippen LogP contribution in [0.25, 0.3) is 0 Å². The van der Waals surface area contributed by atoms with Crippen LogP contribution in [0.2, 0.25) is 0 Å². The van der Waals surface area contributed by atoms with E-state index in [0.717, 1.165) is 18.4 Å². The molecule has 0 spiro atoms. The summed E-state index contributed by atoms with van der Waals surface area (Å²) in [6.45, 7) is 0. The fourth-order valence-corrected chi connectivity index (χ4v) is 2.78. The molecule has 5 heteroatoms. The van der Waals surface area contributed by atoms with Crippen LogP contribution in [0.15, 0.2) is 24.5 Å². The lowest BCUT2D eigenvalue weighted by Gasteiger charge is -2.23. The summed E-state index contributed by atoms with van der Waals surface area (Å²) >= 11 is 0. The first-order valence-corrected chi connectivity index (χ1v) is 6.73. The summed E-state index contributed by atoms with van der Waals surface area (Å²) in [7, 11) is 0. The van der Waals surface area contributed by atoms with E-state index < -0.39 is 18.2 Å². The van der Waals surface area contributed by atoms with Crippen molar-refractivity contribution < 1.29 is 15.0 Å². The second-order valence-corrected chi connectivity index (χ2v) is 5.50. The quantitative estimate of drug-likeness (QED) is 0.726. The highest BCUT2D eigenvalue weighted by atomic mass is 16.3. The molecule has 2 saturated carbocycles. The maximum atomic E-state index is 11.9. The summed E-state index contributed by atoms with van der Waals surface area (Å²) in [5.74, 6) is 0.00734. The van der Waals surface area contributed by atoms with Gasteiger partial charge in [0.2, 0.25) is 5.91 Å². The number of rotatable bonds is 3. The Bertz CT molecular complexity index is 461. The topological polar surface area (TPSA) is 82.5 Å². The highest BCUT2D eigenvalue weighted by Crippen LogP contribution is 2.36. The van der Waals surface area contributed by atoms with Crippen molar-refractivity contribution >= 4 is 5.91 Å². The summed E-state index contributed by atoms with van der Waals surface area (Å²) in [5.41, 5.74) is 0.944. The number of carbonyl (C=O) groups is 1. The van der Waals surface area contributed by atoms with E-state index in [1.807, 2.05) is 12.1 Å². The molecular weight excluding hydrogens is 244 g/mol. The Morgan fingerprint density at radius 1 is 1.37 bits per heavy atom. The van der Waals surface area contributed by atoms with Gasteiger partial charge in [0, 0.05) is 24.2 Å². The maximum Gasteiger partial charge on any atom is 0.223 e. The lowest BCUT2D eigenvalue weighted by atomic mass is 9.95. The van der Waals surface area contributed by atoms with Crippen molar-refractivity contribution in [1.29, 1.82) is 0 Å². The number of hydrogen-bond acceptors (Lipinski definition) is 4. The summed E-state index contributed by atoms with van der Waals surface area (Å²) < 4.78 is 0. The highest BCUT2D eigenvalue weighted by Gasteiger charge is 2.44. The van der Waals surface area contributed by atoms with Gasteiger partial charge in [0.15, 0.2) is 0 Å². The third kappa shape index (κ3) is 2.48. The van der Waals surface area contributed by atoms with E-state index in [9.17, 15) is 15.0 Å². The third-order valence-corrected chi connectivity index (χ3v) is 4.06. The van der Waals surface area contributed by atoms with Crippen LogP contribution in [0.5, 0.6) is 0 Å². The van der Waals surface area contributed by atoms with Crippen molar-refractivity contribution in [2.24, 2.45) is 5.92 Å². The molecule has 0 aliphatic heterocycles. The molecule has 4 unspecified atom stereocenters. The molecule has 3 rings (SSSR count). The Balaban J connectivity index is 1.79. The average Bonchev–Trinajstić information content (AvgIpc) is 3.23. The standard InChI is InChI=1S/C14H18N2O3/c17-11-6-10(9-2-1-5-15-7-9)12(13(11)18)16-14(19)8-3-4-8/h1-2,5,7-8,10-13,17-18H,3-4,6H2,(H,16,19). The van der Waals surface area contributed by atoms with E-state index in [4.69, 9.17) is 0 Å². The van der Waals surface area contributed by atoms with Gasteiger partial charge in [-0.3, -0.25) is 9.78 Å². The van der Waals surface area contributed by atoms with Gasteiger partial charge in [0.05, 0.1) is 12.1 Å². The Hall–Kier alpha value is -1.46. The van der Waals surface area contributed by atoms with Gasteiger partial charge in [-0.25, -0.2) is 0 Å². The fraction of sp³-hybridized carbons (Fsp3) is 0.571. The van der Waals surface area contributed by atoms with Crippen molar-refractivity contribution in [3.63, 3.8) is 0 Å². The molecule has 5 nitrogen and oxygen atoms in total. The monoisotopic (exact) mass is 262 g/mol. The van der Waals surface area contributed by atoms with Gasteiger partial charge in [0.25, 0.3) is 0 Å². The van der Waals surface area contributed by atoms with Gasteiger partial charge < -0.3 is 15.5 Å². The minimum absolute atomic E-state index is 0.00737. The third-order valence-electron chi connectivity index (χ3n) is 4.06. The molecule has 3 N–H and O–H groups in total. The molecule has 0 bridgehead atoms. The van der Waals surface area contributed by atoms with Crippen LogP contribution < -0.4 is 5.32 Å². The van der Waals surface area contributed by atoms with Gasteiger partial charge in [-0.2, -0.15) is 0 Å². The summed E-state index contributed by atoms with van der Waals surface area (Å²) in [5, 5.41) is 22.8. The van der Waals surface area contributed by atoms with Crippen LogP contribution >= 0.6 is 0 Å². The molecule has 0 aromatic carbocycles. The van der Waals surface area contributed by atoms with E-state index in [1.54, 1.807) is 12.4 Å². The lowest BCUT2D eigenvalue weighted by Crippen LogP contribution is -2.45. The predicted octanol–water partition coefficient (Wildman–Crippen LogP) is 0.185. The second kappa shape index (κ2) is 4.90. The first kappa shape index (κ1) is 12.6. The van der Waals surface area contributed by atoms with Crippen molar-refractivity contribution in [3.05, 3.63) is 30.1 Å². The van der Waals surface area contributed by atoms with Crippen LogP contribution in [0, 0.1) is 5.92 Å². The van der Waals surface area contributed by atoms with Crippen molar-refractivity contribution in [1.82, 2.24) is 10.3 Å². The predicted molar refractivity (Wildman–Crippen MR) is 68.3 cm³/mol. The SMILES string of the molecule is O=C(NC1C(c2cccnc2)CC(O)C1O)C1CC1. The smallest absolute Gasteiger partial charge is 0.223 e. The fourth-order valence-electron chi connectivity index (χ4n) is 2.78. The van der Waals surface area contributed by atoms with Crippen molar-refractivity contribution in [2.45, 2.75) is 43.4 Å². The first-order valence-electron chi connectivity index (χ1n) is 6.73. The second-order valence-electron chi connectivity index (χ2n) is 5.50. The Morgan fingerprint density at radius 2 is 2.16 bits per heavy atom. The lowest BCUT2D eigenvalue weighted by molar-refractivity contribution is -0.124. The van der Waals surface area contributed by atoms with Crippen LogP contribution in [0.4, 0.5) is 0 Å². The summed E-state index contributed by atoms with van der Waals surface area (Å²) in [6, 6.07) is 3.32. The van der Waals surface area contributed by atoms with E-state index in [0.29, 0.717) is 6.42 Å². The number of carbonyl (C=O) groups excluding carboxylic acids is 1. The number of aliphatic hydroxyl groups excluding tert-OH is 2. The van der Waals surface area contributed by atoms with Gasteiger partial charge in [0.1, 0.15) is 6.10 Å². The van der Waals surface area contributed by atoms with E-state index >= 15 is 0 Å². The average molecular weight is 262 g/mol. The number of hydrogen-bond donors (Lipinski definition) is 3. The number of aliphatic hydroxyl groups is 2. The van der Waals surface area contributed by atoms with Gasteiger partial charge in [-0.05, 0) is 30.9 Å². The first-order chi connectivity index (χ1) is 9.16. The highest BCUT2D eigenvalue weighted by molar-refractivity contribution is 5.81. The number of aromatic nitrogens is 1. The number of pyridine rings is 1. The molecule has 2 aliphatic rings. The van der Waals surface area contributed by atoms with Gasteiger partial charge in [-0.1, -0.05) is 6.07 Å². The Labute approximate surface area is 111 Å². The van der Waals surface area contributed by atoms with Crippen molar-refractivity contribution in [3.8, 4) is 0 Å². The van der Waals surface area contributed by atoms with Crippen molar-refractivity contribution in [2.75, 3.05) is 0 Å². The Kier molecular flexibility index (Phi) is 3.24. The molecule has 2 fully saturated rings. The van der Waals surface area contributed by atoms with Crippen LogP contribution in [-0.4, -0.2) is 39.4 Å². The number of nitrogens with zero attached hydrogens (tertiary/aromatic N) is 1. The molecule has 1 amide bonds. The molecule has 1 aromatic heterocycles. The zero-order valence-electron chi connectivity index (χ0n) is 10.6. The van der Waals surface area contributed by atoms with Gasteiger partial charge >= 0.3 is 0 Å². The van der Waals surface area contributed by atoms with E-state index in [1.165, 1.54) is 0 Å². The molecule has 0 radical (unpaired) electrons. The van der Waals surface area contributed by atoms with Crippen LogP contribution in [0.3, 0.4) is 0 Å².